The zero-order valence-corrected chi connectivity index (χ0v) is 6.33. The van der Waals surface area contributed by atoms with E-state index in [1.54, 1.807) is 0 Å². The van der Waals surface area contributed by atoms with Crippen LogP contribution in [0.3, 0.4) is 0 Å². The molecule has 1 heterocycles. The topological polar surface area (TPSA) is 29.1 Å². The Bertz CT molecular complexity index is 105. The van der Waals surface area contributed by atoms with E-state index in [9.17, 15) is 4.79 Å². The minimum Gasteiger partial charge on any atom is -0.354 e. The first kappa shape index (κ1) is 8.76. The van der Waals surface area contributed by atoms with Gasteiger partial charge in [-0.15, -0.1) is 12.4 Å². The maximum atomic E-state index is 10.6. The van der Waals surface area contributed by atoms with Crippen LogP contribution in [-0.2, 0) is 4.79 Å². The second-order valence-corrected chi connectivity index (χ2v) is 2.36. The maximum absolute atomic E-state index is 10.6. The zero-order valence-electron chi connectivity index (χ0n) is 5.52. The van der Waals surface area contributed by atoms with Crippen LogP contribution in [0, 0.1) is 0 Å². The van der Waals surface area contributed by atoms with Gasteiger partial charge in [0.25, 0.3) is 0 Å². The molecule has 1 unspecified atom stereocenters. The SMILES string of the molecule is CC1CCCC(=O)N1.Cl. The van der Waals surface area contributed by atoms with Crippen molar-refractivity contribution in [3.63, 3.8) is 0 Å². The summed E-state index contributed by atoms with van der Waals surface area (Å²) in [7, 11) is 0. The third kappa shape index (κ3) is 2.70. The Balaban J connectivity index is 0.000000640. The predicted molar refractivity (Wildman–Crippen MR) is 38.7 cm³/mol. The molecule has 9 heavy (non-hydrogen) atoms. The first-order valence-corrected chi connectivity index (χ1v) is 3.08. The summed E-state index contributed by atoms with van der Waals surface area (Å²) >= 11 is 0. The third-order valence-corrected chi connectivity index (χ3v) is 1.45. The molecule has 3 heteroatoms. The summed E-state index contributed by atoms with van der Waals surface area (Å²) in [6, 6.07) is 0.413. The molecule has 1 fully saturated rings. The van der Waals surface area contributed by atoms with E-state index in [2.05, 4.69) is 5.32 Å². The fraction of sp³-hybridized carbons (Fsp3) is 0.833. The molecule has 1 atom stereocenters. The van der Waals surface area contributed by atoms with Crippen LogP contribution >= 0.6 is 12.4 Å². The fourth-order valence-corrected chi connectivity index (χ4v) is 0.988. The molecule has 0 aromatic heterocycles. The molecule has 0 radical (unpaired) electrons. The molecule has 0 aromatic carbocycles. The second kappa shape index (κ2) is 3.72. The number of piperidine rings is 1. The first-order chi connectivity index (χ1) is 3.79. The van der Waals surface area contributed by atoms with E-state index in [1.165, 1.54) is 0 Å². The van der Waals surface area contributed by atoms with E-state index in [0.717, 1.165) is 19.3 Å². The number of rotatable bonds is 0. The molecule has 0 spiro atoms. The van der Waals surface area contributed by atoms with Crippen molar-refractivity contribution in [2.75, 3.05) is 0 Å². The molecule has 1 N–H and O–H groups in total. The average molecular weight is 150 g/mol. The first-order valence-electron chi connectivity index (χ1n) is 3.08. The number of hydrogen-bond donors (Lipinski definition) is 1. The van der Waals surface area contributed by atoms with E-state index in [0.29, 0.717) is 6.04 Å². The molecular formula is C6H12ClNO. The molecule has 0 saturated carbocycles. The van der Waals surface area contributed by atoms with Crippen molar-refractivity contribution in [3.05, 3.63) is 0 Å². The van der Waals surface area contributed by atoms with E-state index >= 15 is 0 Å². The Morgan fingerprint density at radius 2 is 2.33 bits per heavy atom. The van der Waals surface area contributed by atoms with E-state index in [4.69, 9.17) is 0 Å². The molecule has 1 rings (SSSR count). The fourth-order valence-electron chi connectivity index (χ4n) is 0.988. The van der Waals surface area contributed by atoms with Gasteiger partial charge in [-0.2, -0.15) is 0 Å². The van der Waals surface area contributed by atoms with Crippen LogP contribution in [0.2, 0.25) is 0 Å². The number of nitrogens with one attached hydrogen (secondary N) is 1. The van der Waals surface area contributed by atoms with Gasteiger partial charge in [0.2, 0.25) is 5.91 Å². The van der Waals surface area contributed by atoms with Gasteiger partial charge in [0.05, 0.1) is 0 Å². The summed E-state index contributed by atoms with van der Waals surface area (Å²) in [5.74, 6) is 0.212. The van der Waals surface area contributed by atoms with Gasteiger partial charge in [-0.05, 0) is 19.8 Å². The highest BCUT2D eigenvalue weighted by molar-refractivity contribution is 5.85. The number of halogens is 1. The van der Waals surface area contributed by atoms with Gasteiger partial charge >= 0.3 is 0 Å². The summed E-state index contributed by atoms with van der Waals surface area (Å²) in [5.41, 5.74) is 0. The molecule has 0 bridgehead atoms. The minimum atomic E-state index is 0. The van der Waals surface area contributed by atoms with E-state index < -0.39 is 0 Å². The van der Waals surface area contributed by atoms with Crippen molar-refractivity contribution in [3.8, 4) is 0 Å². The van der Waals surface area contributed by atoms with Gasteiger partial charge in [0.15, 0.2) is 0 Å². The van der Waals surface area contributed by atoms with Crippen molar-refractivity contribution in [1.82, 2.24) is 5.32 Å². The number of carbonyl (C=O) groups excluding carboxylic acids is 1. The second-order valence-electron chi connectivity index (χ2n) is 2.36. The number of amides is 1. The number of carbonyl (C=O) groups is 1. The van der Waals surface area contributed by atoms with Crippen LogP contribution in [0.25, 0.3) is 0 Å². The van der Waals surface area contributed by atoms with Crippen LogP contribution in [0.1, 0.15) is 26.2 Å². The van der Waals surface area contributed by atoms with Gasteiger partial charge in [0.1, 0.15) is 0 Å². The highest BCUT2D eigenvalue weighted by Crippen LogP contribution is 2.05. The monoisotopic (exact) mass is 149 g/mol. The normalized spacial score (nSPS) is 26.3. The van der Waals surface area contributed by atoms with Crippen LogP contribution < -0.4 is 5.32 Å². The van der Waals surface area contributed by atoms with Crippen molar-refractivity contribution < 1.29 is 4.79 Å². The van der Waals surface area contributed by atoms with E-state index in [-0.39, 0.29) is 18.3 Å². The van der Waals surface area contributed by atoms with Gasteiger partial charge in [0, 0.05) is 12.5 Å². The summed E-state index contributed by atoms with van der Waals surface area (Å²) in [6.07, 6.45) is 2.93. The molecule has 0 aromatic rings. The summed E-state index contributed by atoms with van der Waals surface area (Å²) in [5, 5.41) is 2.84. The lowest BCUT2D eigenvalue weighted by molar-refractivity contribution is -0.123. The smallest absolute Gasteiger partial charge is 0.220 e. The lowest BCUT2D eigenvalue weighted by atomic mass is 10.1. The third-order valence-electron chi connectivity index (χ3n) is 1.45. The predicted octanol–water partition coefficient (Wildman–Crippen LogP) is 1.10. The minimum absolute atomic E-state index is 0. The Morgan fingerprint density at radius 3 is 2.67 bits per heavy atom. The maximum Gasteiger partial charge on any atom is 0.220 e. The van der Waals surface area contributed by atoms with Crippen molar-refractivity contribution in [2.45, 2.75) is 32.2 Å². The van der Waals surface area contributed by atoms with Crippen LogP contribution in [0.15, 0.2) is 0 Å². The standard InChI is InChI=1S/C6H11NO.ClH/c1-5-3-2-4-6(8)7-5;/h5H,2-4H2,1H3,(H,7,8);1H. The highest BCUT2D eigenvalue weighted by Gasteiger charge is 2.12. The van der Waals surface area contributed by atoms with Crippen molar-refractivity contribution in [2.24, 2.45) is 0 Å². The van der Waals surface area contributed by atoms with Gasteiger partial charge in [-0.3, -0.25) is 4.79 Å². The Hall–Kier alpha value is -0.240. The highest BCUT2D eigenvalue weighted by atomic mass is 35.5. The molecule has 1 aliphatic heterocycles. The quantitative estimate of drug-likeness (QED) is 0.549. The summed E-state index contributed by atoms with van der Waals surface area (Å²) < 4.78 is 0. The lowest BCUT2D eigenvalue weighted by Gasteiger charge is -2.18. The van der Waals surface area contributed by atoms with Crippen molar-refractivity contribution in [1.29, 1.82) is 0 Å². The molecule has 2 nitrogen and oxygen atoms in total. The average Bonchev–Trinajstić information content (AvgIpc) is 1.64. The summed E-state index contributed by atoms with van der Waals surface area (Å²) in [6.45, 7) is 2.04. The van der Waals surface area contributed by atoms with Crippen LogP contribution in [-0.4, -0.2) is 11.9 Å². The molecule has 54 valence electrons. The molecular weight excluding hydrogens is 138 g/mol. The Morgan fingerprint density at radius 1 is 1.67 bits per heavy atom. The lowest BCUT2D eigenvalue weighted by Crippen LogP contribution is -2.36. The molecule has 0 aliphatic carbocycles. The largest absolute Gasteiger partial charge is 0.354 e. The van der Waals surface area contributed by atoms with Gasteiger partial charge in [-0.1, -0.05) is 0 Å². The molecule has 1 saturated heterocycles. The zero-order chi connectivity index (χ0) is 5.98. The van der Waals surface area contributed by atoms with Crippen LogP contribution in [0.5, 0.6) is 0 Å². The van der Waals surface area contributed by atoms with E-state index in [1.807, 2.05) is 6.92 Å². The molecule has 1 aliphatic rings. The Kier molecular flexibility index (Phi) is 3.62. The molecule has 1 amide bonds. The van der Waals surface area contributed by atoms with Crippen LogP contribution in [0.4, 0.5) is 0 Å². The van der Waals surface area contributed by atoms with Gasteiger partial charge in [-0.25, -0.2) is 0 Å². The van der Waals surface area contributed by atoms with Crippen molar-refractivity contribution >= 4 is 18.3 Å². The number of hydrogen-bond acceptors (Lipinski definition) is 1. The summed E-state index contributed by atoms with van der Waals surface area (Å²) in [4.78, 5) is 10.6. The van der Waals surface area contributed by atoms with Gasteiger partial charge < -0.3 is 5.32 Å². The Labute approximate surface area is 61.4 Å².